The van der Waals surface area contributed by atoms with Crippen LogP contribution in [0.2, 0.25) is 0 Å². The van der Waals surface area contributed by atoms with Crippen molar-refractivity contribution in [3.8, 4) is 0 Å². The summed E-state index contributed by atoms with van der Waals surface area (Å²) >= 11 is 0. The maximum absolute atomic E-state index is 13.1. The van der Waals surface area contributed by atoms with Crippen molar-refractivity contribution in [3.05, 3.63) is 72.1 Å². The maximum Gasteiger partial charge on any atom is 0.224 e. The van der Waals surface area contributed by atoms with Gasteiger partial charge in [0.1, 0.15) is 0 Å². The van der Waals surface area contributed by atoms with Crippen LogP contribution in [0, 0.1) is 23.7 Å². The molecule has 0 aliphatic carbocycles. The Hall–Kier alpha value is -3.96. The van der Waals surface area contributed by atoms with Gasteiger partial charge in [-0.1, -0.05) is 63.8 Å². The van der Waals surface area contributed by atoms with E-state index in [9.17, 15) is 19.8 Å². The molecule has 6 fully saturated rings. The zero-order chi connectivity index (χ0) is 38.8. The van der Waals surface area contributed by atoms with Crippen molar-refractivity contribution in [2.45, 2.75) is 115 Å². The molecule has 298 valence electrons. The molecule has 6 saturated heterocycles. The van der Waals surface area contributed by atoms with E-state index in [1.807, 2.05) is 48.5 Å². The fourth-order valence-corrected chi connectivity index (χ4v) is 10.8. The van der Waals surface area contributed by atoms with E-state index in [0.717, 1.165) is 98.4 Å². The van der Waals surface area contributed by atoms with Crippen LogP contribution in [0.15, 0.2) is 60.9 Å². The number of benzene rings is 2. The van der Waals surface area contributed by atoms with E-state index in [0.29, 0.717) is 47.1 Å². The normalized spacial score (nSPS) is 28.0. The quantitative estimate of drug-likeness (QED) is 0.0898. The molecule has 0 saturated carbocycles. The van der Waals surface area contributed by atoms with Gasteiger partial charge in [-0.3, -0.25) is 29.4 Å². The lowest BCUT2D eigenvalue weighted by atomic mass is 9.72. The molecule has 4 aromatic rings. The molecule has 10 heteroatoms. The van der Waals surface area contributed by atoms with E-state index in [2.05, 4.69) is 44.2 Å². The van der Waals surface area contributed by atoms with Gasteiger partial charge in [-0.2, -0.15) is 0 Å². The molecule has 0 spiro atoms. The molecule has 10 nitrogen and oxygen atoms in total. The van der Waals surface area contributed by atoms with Crippen LogP contribution in [0.4, 0.5) is 11.4 Å². The summed E-state index contributed by atoms with van der Waals surface area (Å²) in [7, 11) is 0. The number of hydrogen-bond acceptors (Lipinski definition) is 8. The van der Waals surface area contributed by atoms with Crippen molar-refractivity contribution >= 4 is 45.0 Å². The van der Waals surface area contributed by atoms with Crippen molar-refractivity contribution in [2.75, 3.05) is 36.8 Å². The lowest BCUT2D eigenvalue weighted by molar-refractivity contribution is -0.117. The third kappa shape index (κ3) is 7.95. The molecular weight excluding hydrogens is 701 g/mol. The first-order chi connectivity index (χ1) is 27.3. The predicted molar refractivity (Wildman–Crippen MR) is 222 cm³/mol. The SMILES string of the molecule is CC[C@@H]1CN2CC[C@@H]1C[C@H]2C(O)c1ccnc2c(NC(=O)CCCCCCC(=O)Nc3cccc4c(C(O)[C@@H]5C[C@@H]6CCN5C[C@@H]6CC)ccnc34)cccc12. The van der Waals surface area contributed by atoms with E-state index >= 15 is 0 Å². The standard InChI is InChI=1S/C46H60N6O4/c1-3-29-27-51-23-19-31(29)25-39(51)45(55)35-17-21-47-43-33(35)11-9-13-37(43)49-41(53)15-7-5-6-8-16-42(54)50-38-14-10-12-34-36(18-22-48-44(34)38)46(56)40-26-32-20-24-52(40)28-30(32)4-2/h9-14,17-18,21-22,29-32,39-40,45-46,55-56H,3-8,15-16,19-20,23-28H2,1-2H3,(H,49,53)(H,50,54)/t29-,30+,31-,32+,39-,40-,45?,46?/m0/s1. The van der Waals surface area contributed by atoms with Crippen LogP contribution in [0.5, 0.6) is 0 Å². The zero-order valence-corrected chi connectivity index (χ0v) is 33.2. The molecule has 0 radical (unpaired) electrons. The number of amides is 2. The minimum atomic E-state index is -0.599. The van der Waals surface area contributed by atoms with E-state index in [-0.39, 0.29) is 23.9 Å². The highest BCUT2D eigenvalue weighted by molar-refractivity contribution is 6.02. The molecule has 10 rings (SSSR count). The van der Waals surface area contributed by atoms with Crippen molar-refractivity contribution in [3.63, 3.8) is 0 Å². The molecule has 4 bridgehead atoms. The molecule has 56 heavy (non-hydrogen) atoms. The molecule has 4 N–H and O–H groups in total. The maximum atomic E-state index is 13.1. The Bertz CT molecular complexity index is 1880. The number of carbonyl (C=O) groups is 2. The summed E-state index contributed by atoms with van der Waals surface area (Å²) in [5.41, 5.74) is 4.51. The Morgan fingerprint density at radius 2 is 1.12 bits per heavy atom. The largest absolute Gasteiger partial charge is 0.387 e. The van der Waals surface area contributed by atoms with Gasteiger partial charge < -0.3 is 20.8 Å². The first-order valence-corrected chi connectivity index (χ1v) is 21.5. The van der Waals surface area contributed by atoms with E-state index < -0.39 is 12.2 Å². The first-order valence-electron chi connectivity index (χ1n) is 21.5. The Morgan fingerprint density at radius 3 is 1.52 bits per heavy atom. The molecule has 8 heterocycles. The van der Waals surface area contributed by atoms with Crippen LogP contribution in [0.3, 0.4) is 0 Å². The number of anilines is 2. The van der Waals surface area contributed by atoms with Gasteiger partial charge in [0.15, 0.2) is 0 Å². The Morgan fingerprint density at radius 1 is 0.679 bits per heavy atom. The molecule has 2 aromatic heterocycles. The minimum absolute atomic E-state index is 0.0596. The molecule has 2 aromatic carbocycles. The number of unbranched alkanes of at least 4 members (excludes halogenated alkanes) is 3. The second-order valence-electron chi connectivity index (χ2n) is 17.1. The number of piperidine rings is 6. The van der Waals surface area contributed by atoms with E-state index in [4.69, 9.17) is 0 Å². The van der Waals surface area contributed by atoms with Crippen molar-refractivity contribution in [1.82, 2.24) is 19.8 Å². The second-order valence-corrected chi connectivity index (χ2v) is 17.1. The summed E-state index contributed by atoms with van der Waals surface area (Å²) in [4.78, 5) is 40.3. The van der Waals surface area contributed by atoms with Gasteiger partial charge in [-0.25, -0.2) is 0 Å². The van der Waals surface area contributed by atoms with Crippen molar-refractivity contribution < 1.29 is 19.8 Å². The highest BCUT2D eigenvalue weighted by Gasteiger charge is 2.44. The lowest BCUT2D eigenvalue weighted by Crippen LogP contribution is -2.55. The number of para-hydroxylation sites is 2. The minimum Gasteiger partial charge on any atom is -0.387 e. The topological polar surface area (TPSA) is 131 Å². The summed E-state index contributed by atoms with van der Waals surface area (Å²) in [6.07, 6.45) is 13.1. The van der Waals surface area contributed by atoms with Gasteiger partial charge >= 0.3 is 0 Å². The first kappa shape index (κ1) is 38.9. The summed E-state index contributed by atoms with van der Waals surface area (Å²) in [6, 6.07) is 15.7. The van der Waals surface area contributed by atoms with Crippen LogP contribution < -0.4 is 10.6 Å². The number of aliphatic hydroxyl groups excluding tert-OH is 2. The third-order valence-electron chi connectivity index (χ3n) is 14.0. The van der Waals surface area contributed by atoms with Gasteiger partial charge in [0.2, 0.25) is 11.8 Å². The second kappa shape index (κ2) is 17.3. The highest BCUT2D eigenvalue weighted by Crippen LogP contribution is 2.44. The molecule has 4 unspecified atom stereocenters. The number of aliphatic hydroxyl groups is 2. The summed E-state index contributed by atoms with van der Waals surface area (Å²) in [5, 5.41) is 31.2. The Labute approximate surface area is 331 Å². The number of pyridine rings is 2. The fourth-order valence-electron chi connectivity index (χ4n) is 10.8. The zero-order valence-electron chi connectivity index (χ0n) is 33.2. The highest BCUT2D eigenvalue weighted by atomic mass is 16.3. The Kier molecular flexibility index (Phi) is 12.0. The number of rotatable bonds is 15. The fraction of sp³-hybridized carbons (Fsp3) is 0.565. The summed E-state index contributed by atoms with van der Waals surface area (Å²) in [6.45, 7) is 8.79. The van der Waals surface area contributed by atoms with Gasteiger partial charge in [0, 0.05) is 61.2 Å². The number of fused-ring (bicyclic) bond motifs is 8. The summed E-state index contributed by atoms with van der Waals surface area (Å²) < 4.78 is 0. The number of aromatic nitrogens is 2. The van der Waals surface area contributed by atoms with Crippen molar-refractivity contribution in [1.29, 1.82) is 0 Å². The molecule has 2 amide bonds. The van der Waals surface area contributed by atoms with Crippen molar-refractivity contribution in [2.24, 2.45) is 23.7 Å². The van der Waals surface area contributed by atoms with Crippen LogP contribution in [-0.2, 0) is 9.59 Å². The van der Waals surface area contributed by atoms with Crippen LogP contribution >= 0.6 is 0 Å². The molecular formula is C46H60N6O4. The number of carbonyl (C=O) groups excluding carboxylic acids is 2. The molecule has 10 atom stereocenters. The number of hydrogen-bond donors (Lipinski definition) is 4. The van der Waals surface area contributed by atoms with E-state index in [1.54, 1.807) is 12.4 Å². The third-order valence-corrected chi connectivity index (χ3v) is 14.0. The Balaban J connectivity index is 0.800. The average Bonchev–Trinajstić information content (AvgIpc) is 3.24. The van der Waals surface area contributed by atoms with Crippen LogP contribution in [0.25, 0.3) is 21.8 Å². The van der Waals surface area contributed by atoms with Crippen LogP contribution in [0.1, 0.15) is 114 Å². The monoisotopic (exact) mass is 760 g/mol. The average molecular weight is 761 g/mol. The smallest absolute Gasteiger partial charge is 0.224 e. The van der Waals surface area contributed by atoms with E-state index in [1.165, 1.54) is 25.7 Å². The van der Waals surface area contributed by atoms with Gasteiger partial charge in [-0.05, 0) is 111 Å². The lowest BCUT2D eigenvalue weighted by Gasteiger charge is -2.51. The van der Waals surface area contributed by atoms with Gasteiger partial charge in [0.25, 0.3) is 0 Å². The predicted octanol–water partition coefficient (Wildman–Crippen LogP) is 8.01. The summed E-state index contributed by atoms with van der Waals surface area (Å²) in [5.74, 6) is 2.70. The molecule has 6 aliphatic rings. The molecule has 6 aliphatic heterocycles. The van der Waals surface area contributed by atoms with Gasteiger partial charge in [0.05, 0.1) is 34.6 Å². The number of nitrogens with one attached hydrogen (secondary N) is 2. The number of nitrogens with zero attached hydrogens (tertiary/aromatic N) is 4. The van der Waals surface area contributed by atoms with Gasteiger partial charge in [-0.15, -0.1) is 0 Å². The van der Waals surface area contributed by atoms with Crippen LogP contribution in [-0.4, -0.2) is 80.1 Å².